The predicted octanol–water partition coefficient (Wildman–Crippen LogP) is 2.65. The molecule has 3 nitrogen and oxygen atoms in total. The molecule has 16 heavy (non-hydrogen) atoms. The highest BCUT2D eigenvalue weighted by Crippen LogP contribution is 2.20. The van der Waals surface area contributed by atoms with Crippen molar-refractivity contribution in [1.29, 1.82) is 0 Å². The molecule has 0 unspecified atom stereocenters. The third kappa shape index (κ3) is 2.54. The van der Waals surface area contributed by atoms with Crippen molar-refractivity contribution >= 4 is 5.91 Å². The number of nitrogens with zero attached hydrogens (tertiary/aromatic N) is 1. The molecule has 1 N–H and O–H groups in total. The molecule has 0 radical (unpaired) electrons. The summed E-state index contributed by atoms with van der Waals surface area (Å²) in [7, 11) is 1.79. The van der Waals surface area contributed by atoms with E-state index in [9.17, 15) is 9.90 Å². The third-order valence-corrected chi connectivity index (χ3v) is 3.17. The Balaban J connectivity index is 2.95. The highest BCUT2D eigenvalue weighted by Gasteiger charge is 2.26. The van der Waals surface area contributed by atoms with Crippen LogP contribution in [0.3, 0.4) is 0 Å². The van der Waals surface area contributed by atoms with Crippen LogP contribution in [0.15, 0.2) is 24.3 Å². The van der Waals surface area contributed by atoms with Gasteiger partial charge in [0.05, 0.1) is 0 Å². The molecule has 0 aliphatic heterocycles. The summed E-state index contributed by atoms with van der Waals surface area (Å²) in [6.45, 7) is 6.09. The summed E-state index contributed by atoms with van der Waals surface area (Å²) in [5.41, 5.74) is 0.340. The van der Waals surface area contributed by atoms with Gasteiger partial charge in [-0.1, -0.05) is 13.0 Å². The summed E-state index contributed by atoms with van der Waals surface area (Å²) >= 11 is 0. The molecule has 0 aliphatic rings. The predicted molar refractivity (Wildman–Crippen MR) is 64.6 cm³/mol. The molecule has 0 fully saturated rings. The number of amides is 1. The molecule has 0 aliphatic carbocycles. The lowest BCUT2D eigenvalue weighted by molar-refractivity contribution is 0.0620. The van der Waals surface area contributed by atoms with E-state index in [1.165, 1.54) is 6.07 Å². The van der Waals surface area contributed by atoms with Crippen LogP contribution in [0.2, 0.25) is 0 Å². The molecule has 0 aromatic heterocycles. The van der Waals surface area contributed by atoms with Gasteiger partial charge in [-0.2, -0.15) is 0 Å². The molecule has 1 rings (SSSR count). The lowest BCUT2D eigenvalue weighted by Crippen LogP contribution is -2.44. The molecular formula is C13H19NO2. The quantitative estimate of drug-likeness (QED) is 0.852. The first-order valence-corrected chi connectivity index (χ1v) is 5.45. The van der Waals surface area contributed by atoms with Crippen LogP contribution in [-0.4, -0.2) is 28.5 Å². The highest BCUT2D eigenvalue weighted by atomic mass is 16.3. The summed E-state index contributed by atoms with van der Waals surface area (Å²) in [6.07, 6.45) is 0.883. The second kappa shape index (κ2) is 4.56. The monoisotopic (exact) mass is 221 g/mol. The van der Waals surface area contributed by atoms with E-state index in [-0.39, 0.29) is 17.2 Å². The number of aromatic hydroxyl groups is 1. The fourth-order valence-electron chi connectivity index (χ4n) is 1.34. The standard InChI is InChI=1S/C13H19NO2/c1-5-13(2,3)14(4)12(16)10-7-6-8-11(15)9-10/h6-9,15H,5H2,1-4H3. The number of hydrogen-bond acceptors (Lipinski definition) is 2. The number of hydrogen-bond donors (Lipinski definition) is 1. The van der Waals surface area contributed by atoms with Crippen molar-refractivity contribution < 1.29 is 9.90 Å². The van der Waals surface area contributed by atoms with Crippen molar-refractivity contribution in [1.82, 2.24) is 4.90 Å². The Morgan fingerprint density at radius 3 is 2.56 bits per heavy atom. The Morgan fingerprint density at radius 1 is 1.44 bits per heavy atom. The van der Waals surface area contributed by atoms with Crippen LogP contribution in [0.1, 0.15) is 37.6 Å². The number of rotatable bonds is 3. The van der Waals surface area contributed by atoms with Crippen LogP contribution in [0.25, 0.3) is 0 Å². The summed E-state index contributed by atoms with van der Waals surface area (Å²) < 4.78 is 0. The zero-order chi connectivity index (χ0) is 12.3. The summed E-state index contributed by atoms with van der Waals surface area (Å²) in [5.74, 6) is 0.0521. The zero-order valence-electron chi connectivity index (χ0n) is 10.3. The van der Waals surface area contributed by atoms with Gasteiger partial charge in [0.25, 0.3) is 5.91 Å². The van der Waals surface area contributed by atoms with E-state index in [1.807, 2.05) is 20.8 Å². The second-order valence-electron chi connectivity index (χ2n) is 4.58. The van der Waals surface area contributed by atoms with Gasteiger partial charge in [0, 0.05) is 18.2 Å². The van der Waals surface area contributed by atoms with Gasteiger partial charge < -0.3 is 10.0 Å². The van der Waals surface area contributed by atoms with Crippen molar-refractivity contribution in [2.24, 2.45) is 0 Å². The third-order valence-electron chi connectivity index (χ3n) is 3.17. The van der Waals surface area contributed by atoms with Crippen LogP contribution in [0.5, 0.6) is 5.75 Å². The van der Waals surface area contributed by atoms with E-state index in [2.05, 4.69) is 0 Å². The lowest BCUT2D eigenvalue weighted by atomic mass is 9.99. The van der Waals surface area contributed by atoms with Gasteiger partial charge in [-0.05, 0) is 38.5 Å². The maximum Gasteiger partial charge on any atom is 0.254 e. The van der Waals surface area contributed by atoms with Gasteiger partial charge in [-0.25, -0.2) is 0 Å². The lowest BCUT2D eigenvalue weighted by Gasteiger charge is -2.34. The average Bonchev–Trinajstić information content (AvgIpc) is 2.27. The molecular weight excluding hydrogens is 202 g/mol. The van der Waals surface area contributed by atoms with Crippen molar-refractivity contribution in [2.75, 3.05) is 7.05 Å². The van der Waals surface area contributed by atoms with E-state index >= 15 is 0 Å². The minimum absolute atomic E-state index is 0.0669. The molecule has 0 saturated carbocycles. The molecule has 3 heteroatoms. The number of phenolic OH excluding ortho intramolecular Hbond substituents is 1. The minimum atomic E-state index is -0.178. The largest absolute Gasteiger partial charge is 0.508 e. The molecule has 0 atom stereocenters. The fraction of sp³-hybridized carbons (Fsp3) is 0.462. The summed E-state index contributed by atoms with van der Waals surface area (Å²) in [4.78, 5) is 13.8. The van der Waals surface area contributed by atoms with E-state index in [4.69, 9.17) is 0 Å². The summed E-state index contributed by atoms with van der Waals surface area (Å²) in [5, 5.41) is 9.33. The molecule has 0 saturated heterocycles. The number of benzene rings is 1. The SMILES string of the molecule is CCC(C)(C)N(C)C(=O)c1cccc(O)c1. The van der Waals surface area contributed by atoms with Crippen LogP contribution in [-0.2, 0) is 0 Å². The Bertz CT molecular complexity index is 385. The van der Waals surface area contributed by atoms with Crippen molar-refractivity contribution in [3.63, 3.8) is 0 Å². The van der Waals surface area contributed by atoms with Gasteiger partial charge in [0.2, 0.25) is 0 Å². The first kappa shape index (κ1) is 12.6. The van der Waals surface area contributed by atoms with E-state index in [0.29, 0.717) is 5.56 Å². The molecule has 1 amide bonds. The smallest absolute Gasteiger partial charge is 0.254 e. The first-order valence-electron chi connectivity index (χ1n) is 5.45. The molecule has 88 valence electrons. The normalized spacial score (nSPS) is 11.2. The van der Waals surface area contributed by atoms with Crippen LogP contribution >= 0.6 is 0 Å². The highest BCUT2D eigenvalue weighted by molar-refractivity contribution is 5.94. The Labute approximate surface area is 96.7 Å². The number of carbonyl (C=O) groups is 1. The topological polar surface area (TPSA) is 40.5 Å². The molecule has 0 bridgehead atoms. The molecule has 0 spiro atoms. The van der Waals surface area contributed by atoms with Crippen molar-refractivity contribution in [3.05, 3.63) is 29.8 Å². The van der Waals surface area contributed by atoms with Crippen molar-refractivity contribution in [3.8, 4) is 5.75 Å². The van der Waals surface area contributed by atoms with Crippen LogP contribution in [0.4, 0.5) is 0 Å². The number of carbonyl (C=O) groups excluding carboxylic acids is 1. The van der Waals surface area contributed by atoms with Gasteiger partial charge in [-0.3, -0.25) is 4.79 Å². The Morgan fingerprint density at radius 2 is 2.06 bits per heavy atom. The maximum absolute atomic E-state index is 12.1. The first-order chi connectivity index (χ1) is 7.38. The maximum atomic E-state index is 12.1. The zero-order valence-corrected chi connectivity index (χ0v) is 10.3. The second-order valence-corrected chi connectivity index (χ2v) is 4.58. The van der Waals surface area contributed by atoms with E-state index in [0.717, 1.165) is 6.42 Å². The van der Waals surface area contributed by atoms with Gasteiger partial charge in [0.15, 0.2) is 0 Å². The Kier molecular flexibility index (Phi) is 3.58. The Hall–Kier alpha value is -1.51. The van der Waals surface area contributed by atoms with Gasteiger partial charge in [-0.15, -0.1) is 0 Å². The van der Waals surface area contributed by atoms with Crippen LogP contribution in [0, 0.1) is 0 Å². The molecule has 0 heterocycles. The number of phenols is 1. The molecule has 1 aromatic carbocycles. The van der Waals surface area contributed by atoms with Crippen LogP contribution < -0.4 is 0 Å². The van der Waals surface area contributed by atoms with E-state index < -0.39 is 0 Å². The summed E-state index contributed by atoms with van der Waals surface area (Å²) in [6, 6.07) is 6.44. The van der Waals surface area contributed by atoms with E-state index in [1.54, 1.807) is 30.1 Å². The molecule has 1 aromatic rings. The van der Waals surface area contributed by atoms with Gasteiger partial charge >= 0.3 is 0 Å². The van der Waals surface area contributed by atoms with Crippen molar-refractivity contribution in [2.45, 2.75) is 32.7 Å². The average molecular weight is 221 g/mol. The van der Waals surface area contributed by atoms with Gasteiger partial charge in [0.1, 0.15) is 5.75 Å². The fourth-order valence-corrected chi connectivity index (χ4v) is 1.34. The minimum Gasteiger partial charge on any atom is -0.508 e.